The van der Waals surface area contributed by atoms with Crippen molar-refractivity contribution in [2.75, 3.05) is 7.11 Å². The monoisotopic (exact) mass is 343 g/mol. The molecule has 1 amide bonds. The van der Waals surface area contributed by atoms with E-state index in [0.717, 1.165) is 37.9 Å². The van der Waals surface area contributed by atoms with Gasteiger partial charge in [-0.1, -0.05) is 31.5 Å². The summed E-state index contributed by atoms with van der Waals surface area (Å²) in [6.45, 7) is 2.13. The maximum atomic E-state index is 12.8. The fourth-order valence-electron chi connectivity index (χ4n) is 3.55. The van der Waals surface area contributed by atoms with Crippen molar-refractivity contribution in [2.24, 2.45) is 0 Å². The zero-order chi connectivity index (χ0) is 16.9. The number of aryl methyl sites for hydroxylation is 1. The smallest absolute Gasteiger partial charge is 0.228 e. The van der Waals surface area contributed by atoms with E-state index in [1.807, 2.05) is 23.6 Å². The molecule has 0 saturated heterocycles. The topological polar surface area (TPSA) is 38.3 Å². The van der Waals surface area contributed by atoms with Crippen LogP contribution in [-0.4, -0.2) is 19.1 Å². The van der Waals surface area contributed by atoms with Crippen LogP contribution in [0.1, 0.15) is 48.1 Å². The summed E-state index contributed by atoms with van der Waals surface area (Å²) in [6, 6.07) is 10.5. The Balaban J connectivity index is 1.71. The largest absolute Gasteiger partial charge is 0.496 e. The van der Waals surface area contributed by atoms with E-state index in [1.54, 1.807) is 18.4 Å². The number of fused-ring (bicyclic) bond motifs is 1. The van der Waals surface area contributed by atoms with Crippen LogP contribution in [0.5, 0.6) is 5.75 Å². The van der Waals surface area contributed by atoms with Gasteiger partial charge in [-0.2, -0.15) is 0 Å². The first-order valence-corrected chi connectivity index (χ1v) is 9.59. The van der Waals surface area contributed by atoms with Gasteiger partial charge in [0.1, 0.15) is 5.75 Å². The molecule has 24 heavy (non-hydrogen) atoms. The molecule has 0 saturated carbocycles. The van der Waals surface area contributed by atoms with Crippen molar-refractivity contribution in [3.05, 3.63) is 51.7 Å². The average Bonchev–Trinajstić information content (AvgIpc) is 3.13. The van der Waals surface area contributed by atoms with E-state index in [0.29, 0.717) is 0 Å². The van der Waals surface area contributed by atoms with Gasteiger partial charge in [-0.3, -0.25) is 4.79 Å². The van der Waals surface area contributed by atoms with E-state index in [9.17, 15) is 4.79 Å². The van der Waals surface area contributed by atoms with Gasteiger partial charge in [-0.25, -0.2) is 0 Å². The predicted octanol–water partition coefficient (Wildman–Crippen LogP) is 4.31. The van der Waals surface area contributed by atoms with Gasteiger partial charge in [0.05, 0.1) is 13.0 Å². The summed E-state index contributed by atoms with van der Waals surface area (Å²) in [7, 11) is 1.71. The minimum Gasteiger partial charge on any atom is -0.496 e. The van der Waals surface area contributed by atoms with Crippen molar-refractivity contribution < 1.29 is 9.53 Å². The molecule has 1 aromatic heterocycles. The van der Waals surface area contributed by atoms with Crippen LogP contribution in [-0.2, 0) is 17.6 Å². The van der Waals surface area contributed by atoms with Crippen molar-refractivity contribution in [3.63, 3.8) is 0 Å². The third-order valence-electron chi connectivity index (χ3n) is 4.79. The van der Waals surface area contributed by atoms with Gasteiger partial charge in [0, 0.05) is 10.9 Å². The number of thiophene rings is 1. The van der Waals surface area contributed by atoms with Gasteiger partial charge in [0.25, 0.3) is 0 Å². The maximum absolute atomic E-state index is 12.8. The van der Waals surface area contributed by atoms with Gasteiger partial charge in [0.2, 0.25) is 5.91 Å². The molecule has 0 fully saturated rings. The first-order chi connectivity index (χ1) is 11.7. The van der Waals surface area contributed by atoms with Gasteiger partial charge in [0.15, 0.2) is 0 Å². The summed E-state index contributed by atoms with van der Waals surface area (Å²) in [6.07, 6.45) is 4.76. The Hall–Kier alpha value is -1.81. The van der Waals surface area contributed by atoms with Crippen LogP contribution in [0, 0.1) is 0 Å². The zero-order valence-corrected chi connectivity index (χ0v) is 15.2. The molecule has 1 heterocycles. The lowest BCUT2D eigenvalue weighted by atomic mass is 9.87. The third-order valence-corrected chi connectivity index (χ3v) is 5.78. The lowest BCUT2D eigenvalue weighted by molar-refractivity contribution is -0.123. The molecule has 128 valence electrons. The van der Waals surface area contributed by atoms with E-state index in [-0.39, 0.29) is 17.9 Å². The number of benzene rings is 1. The van der Waals surface area contributed by atoms with Gasteiger partial charge in [-0.15, -0.1) is 11.3 Å². The van der Waals surface area contributed by atoms with Crippen molar-refractivity contribution in [1.82, 2.24) is 5.32 Å². The number of nitrogens with one attached hydrogen (secondary N) is 1. The Morgan fingerprint density at radius 3 is 2.96 bits per heavy atom. The number of rotatable bonds is 6. The molecule has 1 N–H and O–H groups in total. The molecule has 3 nitrogen and oxygen atoms in total. The summed E-state index contributed by atoms with van der Waals surface area (Å²) in [5, 5.41) is 5.35. The van der Waals surface area contributed by atoms with Gasteiger partial charge < -0.3 is 10.1 Å². The Bertz CT molecular complexity index is 667. The first-order valence-electron chi connectivity index (χ1n) is 8.71. The molecule has 2 unspecified atom stereocenters. The molecule has 1 aliphatic carbocycles. The third kappa shape index (κ3) is 3.64. The molecular weight excluding hydrogens is 318 g/mol. The molecule has 1 aromatic carbocycles. The first kappa shape index (κ1) is 17.0. The summed E-state index contributed by atoms with van der Waals surface area (Å²) in [5.74, 6) is 1.09. The maximum Gasteiger partial charge on any atom is 0.228 e. The Morgan fingerprint density at radius 1 is 1.38 bits per heavy atom. The van der Waals surface area contributed by atoms with E-state index in [4.69, 9.17) is 4.74 Å². The van der Waals surface area contributed by atoms with E-state index < -0.39 is 0 Å². The average molecular weight is 343 g/mol. The molecule has 0 spiro atoms. The molecule has 3 rings (SSSR count). The molecular formula is C20H25NO2S. The molecule has 1 aliphatic rings. The Kier molecular flexibility index (Phi) is 5.56. The number of carbonyl (C=O) groups is 1. The normalized spacial score (nSPS) is 17.8. The number of hydrogen-bond acceptors (Lipinski definition) is 3. The summed E-state index contributed by atoms with van der Waals surface area (Å²) >= 11 is 1.68. The summed E-state index contributed by atoms with van der Waals surface area (Å²) < 4.78 is 5.50. The number of carbonyl (C=O) groups excluding carboxylic acids is 1. The highest BCUT2D eigenvalue weighted by molar-refractivity contribution is 7.10. The molecule has 0 bridgehead atoms. The number of hydrogen-bond donors (Lipinski definition) is 1. The minimum atomic E-state index is -0.0194. The second-order valence-corrected chi connectivity index (χ2v) is 7.38. The predicted molar refractivity (Wildman–Crippen MR) is 98.9 cm³/mol. The van der Waals surface area contributed by atoms with Crippen LogP contribution in [0.15, 0.2) is 35.7 Å². The zero-order valence-electron chi connectivity index (χ0n) is 14.4. The van der Waals surface area contributed by atoms with Crippen molar-refractivity contribution in [2.45, 2.75) is 51.0 Å². The van der Waals surface area contributed by atoms with E-state index >= 15 is 0 Å². The number of methoxy groups -OCH3 is 1. The molecule has 0 radical (unpaired) electrons. The van der Waals surface area contributed by atoms with E-state index in [1.165, 1.54) is 16.0 Å². The lowest BCUT2D eigenvalue weighted by Crippen LogP contribution is -2.41. The van der Waals surface area contributed by atoms with Gasteiger partial charge in [-0.05, 0) is 54.3 Å². The summed E-state index contributed by atoms with van der Waals surface area (Å²) in [4.78, 5) is 14.0. The number of ether oxygens (including phenoxy) is 1. The highest BCUT2D eigenvalue weighted by Crippen LogP contribution is 2.31. The fraction of sp³-hybridized carbons (Fsp3) is 0.450. The minimum absolute atomic E-state index is 0.0194. The number of amides is 1. The standard InChI is InChI=1S/C20H25NO2S/c1-3-6-16(19-9-5-12-24-19)20(22)21-15-11-10-14-7-4-8-18(23-2)17(14)13-15/h4-5,7-9,12,15-16H,3,6,10-11,13H2,1-2H3,(H,21,22). The highest BCUT2D eigenvalue weighted by Gasteiger charge is 2.26. The molecule has 2 atom stereocenters. The highest BCUT2D eigenvalue weighted by atomic mass is 32.1. The fourth-order valence-corrected chi connectivity index (χ4v) is 4.41. The van der Waals surface area contributed by atoms with Crippen molar-refractivity contribution >= 4 is 17.2 Å². The molecule has 4 heteroatoms. The Labute approximate surface area is 148 Å². The van der Waals surface area contributed by atoms with Gasteiger partial charge >= 0.3 is 0 Å². The summed E-state index contributed by atoms with van der Waals surface area (Å²) in [5.41, 5.74) is 2.60. The van der Waals surface area contributed by atoms with E-state index in [2.05, 4.69) is 24.4 Å². The second-order valence-electron chi connectivity index (χ2n) is 6.40. The quantitative estimate of drug-likeness (QED) is 0.848. The lowest BCUT2D eigenvalue weighted by Gasteiger charge is -2.28. The van der Waals surface area contributed by atoms with Crippen molar-refractivity contribution in [1.29, 1.82) is 0 Å². The van der Waals surface area contributed by atoms with Crippen LogP contribution in [0.4, 0.5) is 0 Å². The van der Waals surface area contributed by atoms with Crippen molar-refractivity contribution in [3.8, 4) is 5.75 Å². The SMILES string of the molecule is CCCC(C(=O)NC1CCc2cccc(OC)c2C1)c1cccs1. The van der Waals surface area contributed by atoms with Crippen LogP contribution in [0.2, 0.25) is 0 Å². The second kappa shape index (κ2) is 7.84. The van der Waals surface area contributed by atoms with Crippen LogP contribution in [0.25, 0.3) is 0 Å². The molecule has 2 aromatic rings. The molecule has 0 aliphatic heterocycles. The van der Waals surface area contributed by atoms with Crippen LogP contribution >= 0.6 is 11.3 Å². The van der Waals surface area contributed by atoms with Crippen LogP contribution < -0.4 is 10.1 Å². The Morgan fingerprint density at radius 2 is 2.25 bits per heavy atom. The van der Waals surface area contributed by atoms with Crippen LogP contribution in [0.3, 0.4) is 0 Å².